The van der Waals surface area contributed by atoms with Crippen LogP contribution >= 0.6 is 50.3 Å². The number of rotatable bonds is 3. The molecule has 0 N–H and O–H groups in total. The quantitative estimate of drug-likeness (QED) is 0.485. The molecule has 0 atom stereocenters. The maximum Gasteiger partial charge on any atom is 0.266 e. The molecule has 0 aliphatic carbocycles. The molecular weight excluding hydrogens is 467 g/mol. The van der Waals surface area contributed by atoms with E-state index in [0.717, 1.165) is 19.4 Å². The molecule has 1 fully saturated rings. The van der Waals surface area contributed by atoms with Crippen LogP contribution in [0, 0.1) is 3.57 Å². The molecule has 1 saturated heterocycles. The molecule has 1 heterocycles. The van der Waals surface area contributed by atoms with Crippen LogP contribution in [-0.2, 0) is 4.79 Å². The number of likely N-dealkylation sites (N-methyl/N-ethyl adjacent to an activating group) is 1. The Morgan fingerprint density at radius 3 is 2.76 bits per heavy atom. The second-order valence-electron chi connectivity index (χ2n) is 4.23. The molecule has 1 aliphatic heterocycles. The number of nitrogens with zero attached hydrogens (tertiary/aromatic N) is 2. The largest absolute Gasteiger partial charge is 0.492 e. The van der Waals surface area contributed by atoms with Crippen molar-refractivity contribution in [2.24, 2.45) is 4.99 Å². The van der Waals surface area contributed by atoms with Gasteiger partial charge in [0, 0.05) is 14.1 Å². The molecule has 0 bridgehead atoms. The van der Waals surface area contributed by atoms with Crippen LogP contribution < -0.4 is 4.74 Å². The molecule has 0 aromatic heterocycles. The summed E-state index contributed by atoms with van der Waals surface area (Å²) in [6.45, 7) is 2.57. The number of aliphatic imine (C=N–C) groups is 1. The van der Waals surface area contributed by atoms with Gasteiger partial charge in [-0.2, -0.15) is 0 Å². The summed E-state index contributed by atoms with van der Waals surface area (Å²) in [6, 6.07) is 3.95. The number of benzene rings is 1. The van der Waals surface area contributed by atoms with Crippen LogP contribution in [0.25, 0.3) is 6.08 Å². The lowest BCUT2D eigenvalue weighted by Crippen LogP contribution is -2.23. The van der Waals surface area contributed by atoms with E-state index in [1.54, 1.807) is 19.0 Å². The smallest absolute Gasteiger partial charge is 0.266 e. The third-order valence-electron chi connectivity index (χ3n) is 2.80. The molecule has 21 heavy (non-hydrogen) atoms. The maximum absolute atomic E-state index is 12.1. The zero-order valence-electron chi connectivity index (χ0n) is 11.8. The molecule has 0 radical (unpaired) electrons. The van der Waals surface area contributed by atoms with E-state index >= 15 is 0 Å². The van der Waals surface area contributed by atoms with Crippen LogP contribution in [0.1, 0.15) is 12.5 Å². The minimum absolute atomic E-state index is 0.0272. The van der Waals surface area contributed by atoms with Crippen molar-refractivity contribution < 1.29 is 9.53 Å². The van der Waals surface area contributed by atoms with E-state index in [1.165, 1.54) is 11.8 Å². The Kier molecular flexibility index (Phi) is 5.73. The van der Waals surface area contributed by atoms with Gasteiger partial charge in [-0.3, -0.25) is 14.7 Å². The Hall–Kier alpha value is -0.540. The Morgan fingerprint density at radius 2 is 2.24 bits per heavy atom. The first-order chi connectivity index (χ1) is 9.97. The van der Waals surface area contributed by atoms with E-state index in [-0.39, 0.29) is 5.91 Å². The van der Waals surface area contributed by atoms with E-state index in [9.17, 15) is 4.79 Å². The van der Waals surface area contributed by atoms with Gasteiger partial charge < -0.3 is 4.74 Å². The Bertz CT molecular complexity index is 623. The standard InChI is InChI=1S/C14H14BrIN2O2S/c1-4-20-12-9(15)5-8(6-10(12)16)7-11-13(19)18(3)14(17-2)21-11/h5-7H,4H2,1-3H3/b11-7-,17-14?. The fourth-order valence-corrected chi connectivity index (χ4v) is 4.54. The highest BCUT2D eigenvalue weighted by Gasteiger charge is 2.29. The molecule has 2 rings (SSSR count). The van der Waals surface area contributed by atoms with Crippen LogP contribution in [0.2, 0.25) is 0 Å². The van der Waals surface area contributed by atoms with Crippen LogP contribution in [0.15, 0.2) is 26.5 Å². The molecular formula is C14H14BrIN2O2S. The van der Waals surface area contributed by atoms with Crippen LogP contribution in [0.5, 0.6) is 5.75 Å². The minimum atomic E-state index is -0.0272. The fraction of sp³-hybridized carbons (Fsp3) is 0.286. The van der Waals surface area contributed by atoms with Gasteiger partial charge in [-0.25, -0.2) is 0 Å². The van der Waals surface area contributed by atoms with Crippen molar-refractivity contribution in [1.29, 1.82) is 0 Å². The summed E-state index contributed by atoms with van der Waals surface area (Å²) in [7, 11) is 3.42. The molecule has 0 spiro atoms. The lowest BCUT2D eigenvalue weighted by Gasteiger charge is -2.09. The first-order valence-corrected chi connectivity index (χ1v) is 8.93. The Labute approximate surface area is 150 Å². The van der Waals surface area contributed by atoms with Gasteiger partial charge in [-0.1, -0.05) is 0 Å². The van der Waals surface area contributed by atoms with Crippen LogP contribution in [-0.4, -0.2) is 36.7 Å². The van der Waals surface area contributed by atoms with Gasteiger partial charge in [0.2, 0.25) is 0 Å². The topological polar surface area (TPSA) is 41.9 Å². The molecule has 7 heteroatoms. The van der Waals surface area contributed by atoms with Crippen molar-refractivity contribution in [2.75, 3.05) is 20.7 Å². The number of amides is 1. The van der Waals surface area contributed by atoms with Gasteiger partial charge in [-0.15, -0.1) is 0 Å². The van der Waals surface area contributed by atoms with Gasteiger partial charge >= 0.3 is 0 Å². The highest BCUT2D eigenvalue weighted by atomic mass is 127. The summed E-state index contributed by atoms with van der Waals surface area (Å²) in [5, 5.41) is 0.714. The zero-order chi connectivity index (χ0) is 15.6. The van der Waals surface area contributed by atoms with E-state index in [0.29, 0.717) is 16.7 Å². The number of amidine groups is 1. The maximum atomic E-state index is 12.1. The third kappa shape index (κ3) is 3.62. The lowest BCUT2D eigenvalue weighted by molar-refractivity contribution is -0.121. The fourth-order valence-electron chi connectivity index (χ4n) is 1.85. The molecule has 112 valence electrons. The van der Waals surface area contributed by atoms with Crippen molar-refractivity contribution in [3.63, 3.8) is 0 Å². The van der Waals surface area contributed by atoms with E-state index in [1.807, 2.05) is 25.1 Å². The van der Waals surface area contributed by atoms with Crippen molar-refractivity contribution in [3.05, 3.63) is 30.6 Å². The second-order valence-corrected chi connectivity index (χ2v) is 7.25. The first-order valence-electron chi connectivity index (χ1n) is 6.24. The van der Waals surface area contributed by atoms with Gasteiger partial charge in [0.25, 0.3) is 5.91 Å². The van der Waals surface area contributed by atoms with Crippen molar-refractivity contribution in [2.45, 2.75) is 6.92 Å². The monoisotopic (exact) mass is 480 g/mol. The normalized spacial score (nSPS) is 18.9. The minimum Gasteiger partial charge on any atom is -0.492 e. The number of thioether (sulfide) groups is 1. The summed E-state index contributed by atoms with van der Waals surface area (Å²) in [5.41, 5.74) is 0.955. The molecule has 1 aliphatic rings. The molecule has 0 unspecified atom stereocenters. The Balaban J connectivity index is 2.36. The first kappa shape index (κ1) is 16.8. The SMILES string of the molecule is CCOc1c(Br)cc(/C=C2\SC(=NC)N(C)C2=O)cc1I. The lowest BCUT2D eigenvalue weighted by atomic mass is 10.2. The van der Waals surface area contributed by atoms with Gasteiger partial charge in [-0.05, 0) is 81.0 Å². The third-order valence-corrected chi connectivity index (χ3v) is 5.34. The summed E-state index contributed by atoms with van der Waals surface area (Å²) < 4.78 is 7.48. The average Bonchev–Trinajstić information content (AvgIpc) is 2.71. The van der Waals surface area contributed by atoms with Crippen LogP contribution in [0.4, 0.5) is 0 Å². The summed E-state index contributed by atoms with van der Waals surface area (Å²) in [6.07, 6.45) is 1.88. The molecule has 1 aromatic carbocycles. The average molecular weight is 481 g/mol. The predicted octanol–water partition coefficient (Wildman–Crippen LogP) is 3.98. The highest BCUT2D eigenvalue weighted by Crippen LogP contribution is 2.35. The van der Waals surface area contributed by atoms with Crippen molar-refractivity contribution >= 4 is 67.4 Å². The number of carbonyl (C=O) groups is 1. The molecule has 0 saturated carbocycles. The van der Waals surface area contributed by atoms with E-state index in [4.69, 9.17) is 4.74 Å². The van der Waals surface area contributed by atoms with Crippen LogP contribution in [0.3, 0.4) is 0 Å². The van der Waals surface area contributed by atoms with Crippen molar-refractivity contribution in [1.82, 2.24) is 4.90 Å². The molecule has 4 nitrogen and oxygen atoms in total. The van der Waals surface area contributed by atoms with Gasteiger partial charge in [0.05, 0.1) is 19.6 Å². The Morgan fingerprint density at radius 1 is 1.52 bits per heavy atom. The zero-order valence-corrected chi connectivity index (χ0v) is 16.4. The molecule has 1 aromatic rings. The number of hydrogen-bond acceptors (Lipinski definition) is 4. The van der Waals surface area contributed by atoms with Crippen molar-refractivity contribution in [3.8, 4) is 5.75 Å². The number of hydrogen-bond donors (Lipinski definition) is 0. The number of carbonyl (C=O) groups excluding carboxylic acids is 1. The van der Waals surface area contributed by atoms with E-state index < -0.39 is 0 Å². The highest BCUT2D eigenvalue weighted by molar-refractivity contribution is 14.1. The molecule has 1 amide bonds. The summed E-state index contributed by atoms with van der Waals surface area (Å²) >= 11 is 7.13. The summed E-state index contributed by atoms with van der Waals surface area (Å²) in [5.74, 6) is 0.805. The number of halogens is 2. The summed E-state index contributed by atoms with van der Waals surface area (Å²) in [4.78, 5) is 18.5. The number of ether oxygens (including phenoxy) is 1. The van der Waals surface area contributed by atoms with E-state index in [2.05, 4.69) is 43.5 Å². The second kappa shape index (κ2) is 7.15. The van der Waals surface area contributed by atoms with Gasteiger partial charge in [0.15, 0.2) is 5.17 Å². The van der Waals surface area contributed by atoms with Gasteiger partial charge in [0.1, 0.15) is 5.75 Å². The predicted molar refractivity (Wildman–Crippen MR) is 99.7 cm³/mol.